The topological polar surface area (TPSA) is 77.1 Å². The van der Waals surface area contributed by atoms with Crippen LogP contribution in [-0.4, -0.2) is 29.7 Å². The van der Waals surface area contributed by atoms with Gasteiger partial charge in [0, 0.05) is 0 Å². The van der Waals surface area contributed by atoms with Crippen LogP contribution in [0.15, 0.2) is 66.7 Å². The lowest BCUT2D eigenvalue weighted by Gasteiger charge is -2.11. The minimum absolute atomic E-state index is 0.417. The number of para-hydroxylation sites is 1. The lowest BCUT2D eigenvalue weighted by molar-refractivity contribution is 0.0602. The van der Waals surface area contributed by atoms with Crippen molar-refractivity contribution in [2.45, 2.75) is 6.54 Å². The fourth-order valence-electron chi connectivity index (χ4n) is 3.55. The predicted octanol–water partition coefficient (Wildman–Crippen LogP) is 4.42. The number of aromatic nitrogens is 2. The molecule has 0 amide bonds. The van der Waals surface area contributed by atoms with Crippen LogP contribution in [0.3, 0.4) is 0 Å². The van der Waals surface area contributed by atoms with E-state index in [1.165, 1.54) is 7.11 Å². The van der Waals surface area contributed by atoms with Gasteiger partial charge in [0.15, 0.2) is 0 Å². The van der Waals surface area contributed by atoms with Crippen LogP contribution >= 0.6 is 0 Å². The van der Waals surface area contributed by atoms with Gasteiger partial charge in [-0.3, -0.25) is 4.57 Å². The van der Waals surface area contributed by atoms with Gasteiger partial charge in [-0.05, 0) is 34.9 Å². The van der Waals surface area contributed by atoms with Crippen LogP contribution in [0, 0.1) is 11.3 Å². The Hall–Kier alpha value is -4.11. The summed E-state index contributed by atoms with van der Waals surface area (Å²) in [5.41, 5.74) is 5.26. The van der Waals surface area contributed by atoms with Gasteiger partial charge in [0.1, 0.15) is 0 Å². The van der Waals surface area contributed by atoms with Crippen LogP contribution in [0.25, 0.3) is 22.2 Å². The average Bonchev–Trinajstić information content (AvgIpc) is 3.16. The number of carbonyl (C=O) groups is 1. The number of benzene rings is 3. The van der Waals surface area contributed by atoms with Crippen molar-refractivity contribution in [3.63, 3.8) is 0 Å². The molecule has 0 unspecified atom stereocenters. The second-order valence-electron chi connectivity index (χ2n) is 6.70. The van der Waals surface area contributed by atoms with Gasteiger partial charge >= 0.3 is 5.97 Å². The molecule has 148 valence electrons. The molecule has 4 rings (SSSR count). The molecule has 0 aliphatic heterocycles. The SMILES string of the molecule is COC(=O)c1cccc2nc(OC)n(Cc3ccc(-c4ccccc4C#N)cc3)c12. The van der Waals surface area contributed by atoms with E-state index in [0.29, 0.717) is 34.7 Å². The summed E-state index contributed by atoms with van der Waals surface area (Å²) >= 11 is 0. The fraction of sp³-hybridized carbons (Fsp3) is 0.125. The highest BCUT2D eigenvalue weighted by atomic mass is 16.5. The Labute approximate surface area is 173 Å². The third-order valence-electron chi connectivity index (χ3n) is 4.97. The first kappa shape index (κ1) is 19.2. The number of hydrogen-bond donors (Lipinski definition) is 0. The van der Waals surface area contributed by atoms with Crippen molar-refractivity contribution < 1.29 is 14.3 Å². The van der Waals surface area contributed by atoms with Crippen molar-refractivity contribution in [3.8, 4) is 23.2 Å². The average molecular weight is 397 g/mol. The predicted molar refractivity (Wildman–Crippen MR) is 113 cm³/mol. The van der Waals surface area contributed by atoms with E-state index in [0.717, 1.165) is 16.7 Å². The fourth-order valence-corrected chi connectivity index (χ4v) is 3.55. The van der Waals surface area contributed by atoms with E-state index < -0.39 is 5.97 Å². The zero-order valence-corrected chi connectivity index (χ0v) is 16.6. The molecule has 1 aromatic heterocycles. The van der Waals surface area contributed by atoms with Crippen LogP contribution in [0.1, 0.15) is 21.5 Å². The lowest BCUT2D eigenvalue weighted by Crippen LogP contribution is -2.08. The molecule has 0 fully saturated rings. The molecule has 4 aromatic rings. The molecular formula is C24H19N3O3. The van der Waals surface area contributed by atoms with Gasteiger partial charge < -0.3 is 9.47 Å². The molecule has 0 atom stereocenters. The van der Waals surface area contributed by atoms with E-state index in [1.807, 2.05) is 53.1 Å². The van der Waals surface area contributed by atoms with Crippen molar-refractivity contribution in [2.75, 3.05) is 14.2 Å². The number of ether oxygens (including phenoxy) is 2. The minimum atomic E-state index is -0.423. The summed E-state index contributed by atoms with van der Waals surface area (Å²) in [6, 6.07) is 23.4. The first-order chi connectivity index (χ1) is 14.7. The number of nitriles is 1. The number of rotatable bonds is 5. The second-order valence-corrected chi connectivity index (χ2v) is 6.70. The second kappa shape index (κ2) is 8.10. The number of imidazole rings is 1. The molecule has 3 aromatic carbocycles. The quantitative estimate of drug-likeness (QED) is 0.466. The highest BCUT2D eigenvalue weighted by Crippen LogP contribution is 2.28. The highest BCUT2D eigenvalue weighted by molar-refractivity contribution is 6.02. The van der Waals surface area contributed by atoms with Crippen molar-refractivity contribution in [1.29, 1.82) is 5.26 Å². The number of esters is 1. The Morgan fingerprint density at radius 1 is 1.03 bits per heavy atom. The Morgan fingerprint density at radius 2 is 1.80 bits per heavy atom. The summed E-state index contributed by atoms with van der Waals surface area (Å²) in [7, 11) is 2.91. The molecule has 30 heavy (non-hydrogen) atoms. The maximum absolute atomic E-state index is 12.3. The molecule has 0 aliphatic carbocycles. The summed E-state index contributed by atoms with van der Waals surface area (Å²) < 4.78 is 12.3. The third kappa shape index (κ3) is 3.38. The summed E-state index contributed by atoms with van der Waals surface area (Å²) in [5, 5.41) is 9.34. The smallest absolute Gasteiger partial charge is 0.340 e. The Kier molecular flexibility index (Phi) is 5.19. The van der Waals surface area contributed by atoms with Gasteiger partial charge in [0.2, 0.25) is 0 Å². The molecule has 6 heteroatoms. The maximum Gasteiger partial charge on any atom is 0.340 e. The van der Waals surface area contributed by atoms with Gasteiger partial charge in [-0.15, -0.1) is 0 Å². The Balaban J connectivity index is 1.74. The first-order valence-corrected chi connectivity index (χ1v) is 9.36. The van der Waals surface area contributed by atoms with Crippen LogP contribution in [0.4, 0.5) is 0 Å². The summed E-state index contributed by atoms with van der Waals surface area (Å²) in [6.45, 7) is 0.466. The van der Waals surface area contributed by atoms with Crippen LogP contribution < -0.4 is 4.74 Å². The molecule has 0 aliphatic rings. The number of nitrogens with zero attached hydrogens (tertiary/aromatic N) is 3. The van der Waals surface area contributed by atoms with E-state index in [1.54, 1.807) is 25.3 Å². The zero-order valence-electron chi connectivity index (χ0n) is 16.6. The molecule has 0 bridgehead atoms. The van der Waals surface area contributed by atoms with E-state index >= 15 is 0 Å². The monoisotopic (exact) mass is 397 g/mol. The molecule has 6 nitrogen and oxygen atoms in total. The summed E-state index contributed by atoms with van der Waals surface area (Å²) in [4.78, 5) is 16.8. The molecule has 0 spiro atoms. The van der Waals surface area contributed by atoms with Gasteiger partial charge in [0.25, 0.3) is 6.01 Å². The van der Waals surface area contributed by atoms with Crippen LogP contribution in [0.2, 0.25) is 0 Å². The van der Waals surface area contributed by atoms with E-state index in [9.17, 15) is 10.1 Å². The van der Waals surface area contributed by atoms with Crippen molar-refractivity contribution >= 4 is 17.0 Å². The summed E-state index contributed by atoms with van der Waals surface area (Å²) in [6.07, 6.45) is 0. The van der Waals surface area contributed by atoms with Gasteiger partial charge in [0.05, 0.1) is 49.0 Å². The largest absolute Gasteiger partial charge is 0.468 e. The van der Waals surface area contributed by atoms with Gasteiger partial charge in [-0.1, -0.05) is 48.5 Å². The molecule has 0 saturated carbocycles. The van der Waals surface area contributed by atoms with E-state index in [-0.39, 0.29) is 0 Å². The van der Waals surface area contributed by atoms with Gasteiger partial charge in [-0.2, -0.15) is 10.2 Å². The first-order valence-electron chi connectivity index (χ1n) is 9.36. The van der Waals surface area contributed by atoms with E-state index in [2.05, 4.69) is 11.1 Å². The molecule has 0 radical (unpaired) electrons. The zero-order chi connectivity index (χ0) is 21.1. The lowest BCUT2D eigenvalue weighted by atomic mass is 9.99. The standard InChI is InChI=1S/C24H19N3O3/c1-29-23(28)20-8-5-9-21-22(20)27(24(26-21)30-2)15-16-10-12-17(13-11-16)19-7-4-3-6-18(19)14-25/h3-13H,15H2,1-2H3. The van der Waals surface area contributed by atoms with Crippen LogP contribution in [0.5, 0.6) is 6.01 Å². The molecule has 0 saturated heterocycles. The van der Waals surface area contributed by atoms with Crippen molar-refractivity contribution in [3.05, 3.63) is 83.4 Å². The number of fused-ring (bicyclic) bond motifs is 1. The van der Waals surface area contributed by atoms with E-state index in [4.69, 9.17) is 9.47 Å². The van der Waals surface area contributed by atoms with Gasteiger partial charge in [-0.25, -0.2) is 4.79 Å². The maximum atomic E-state index is 12.3. The summed E-state index contributed by atoms with van der Waals surface area (Å²) in [5.74, 6) is -0.423. The van der Waals surface area contributed by atoms with Crippen molar-refractivity contribution in [1.82, 2.24) is 9.55 Å². The highest BCUT2D eigenvalue weighted by Gasteiger charge is 2.19. The molecule has 1 heterocycles. The molecular weight excluding hydrogens is 378 g/mol. The number of carbonyl (C=O) groups excluding carboxylic acids is 1. The Bertz CT molecular complexity index is 1270. The Morgan fingerprint density at radius 3 is 2.50 bits per heavy atom. The number of methoxy groups -OCH3 is 2. The van der Waals surface area contributed by atoms with Crippen LogP contribution in [-0.2, 0) is 11.3 Å². The third-order valence-corrected chi connectivity index (χ3v) is 4.97. The normalized spacial score (nSPS) is 10.6. The minimum Gasteiger partial charge on any atom is -0.468 e. The number of hydrogen-bond acceptors (Lipinski definition) is 5. The molecule has 0 N–H and O–H groups in total. The van der Waals surface area contributed by atoms with Crippen molar-refractivity contribution in [2.24, 2.45) is 0 Å².